The number of nitroso groups, excluding NO2 is 1. The van der Waals surface area contributed by atoms with E-state index in [-0.39, 0.29) is 12.4 Å². The number of allylic oxidation sites excluding steroid dienone is 1. The Morgan fingerprint density at radius 1 is 1.47 bits per heavy atom. The van der Waals surface area contributed by atoms with Gasteiger partial charge in [0.15, 0.2) is 0 Å². The van der Waals surface area contributed by atoms with Crippen LogP contribution in [0.2, 0.25) is 0 Å². The zero-order valence-electron chi connectivity index (χ0n) is 8.25. The Labute approximate surface area is 86.5 Å². The van der Waals surface area contributed by atoms with Crippen LogP contribution in [0.5, 0.6) is 0 Å². The van der Waals surface area contributed by atoms with Crippen molar-refractivity contribution < 1.29 is 14.3 Å². The highest BCUT2D eigenvalue weighted by Gasteiger charge is 2.56. The Bertz CT molecular complexity index is 349. The minimum atomic E-state index is -0.772. The standard InChI is InChI=1S/C10H11NO4/c1-2-15-10(13)7-5-3-4-6(9(5)12)8(7)11-14/h3-8H,2H2,1H3. The predicted molar refractivity (Wildman–Crippen MR) is 50.8 cm³/mol. The zero-order valence-corrected chi connectivity index (χ0v) is 8.25. The molecule has 0 N–H and O–H groups in total. The lowest BCUT2D eigenvalue weighted by Crippen LogP contribution is -2.31. The van der Waals surface area contributed by atoms with E-state index in [9.17, 15) is 14.5 Å². The fourth-order valence-corrected chi connectivity index (χ4v) is 2.32. The Morgan fingerprint density at radius 2 is 2.13 bits per heavy atom. The van der Waals surface area contributed by atoms with E-state index in [0.717, 1.165) is 0 Å². The maximum atomic E-state index is 11.6. The first-order valence-electron chi connectivity index (χ1n) is 4.91. The second-order valence-electron chi connectivity index (χ2n) is 3.71. The van der Waals surface area contributed by atoms with E-state index in [1.807, 2.05) is 0 Å². The normalized spacial score (nSPS) is 37.0. The molecule has 0 aromatic heterocycles. The summed E-state index contributed by atoms with van der Waals surface area (Å²) in [5.41, 5.74) is 0. The maximum absolute atomic E-state index is 11.6. The molecule has 0 saturated heterocycles. The molecule has 5 heteroatoms. The molecule has 0 heterocycles. The van der Waals surface area contributed by atoms with Crippen molar-refractivity contribution in [1.82, 2.24) is 0 Å². The van der Waals surface area contributed by atoms with Crippen LogP contribution in [-0.2, 0) is 14.3 Å². The van der Waals surface area contributed by atoms with Crippen molar-refractivity contribution in [3.63, 3.8) is 0 Å². The van der Waals surface area contributed by atoms with Gasteiger partial charge in [0.1, 0.15) is 11.8 Å². The number of esters is 1. The van der Waals surface area contributed by atoms with Gasteiger partial charge in [-0.15, -0.1) is 0 Å². The highest BCUT2D eigenvalue weighted by atomic mass is 16.5. The number of carbonyl (C=O) groups is 2. The molecule has 1 saturated carbocycles. The van der Waals surface area contributed by atoms with Gasteiger partial charge in [-0.25, -0.2) is 0 Å². The number of hydrogen-bond acceptors (Lipinski definition) is 5. The molecule has 2 aliphatic carbocycles. The van der Waals surface area contributed by atoms with E-state index < -0.39 is 29.8 Å². The number of nitrogens with zero attached hydrogens (tertiary/aromatic N) is 1. The molecule has 2 rings (SSSR count). The lowest BCUT2D eigenvalue weighted by Gasteiger charge is -2.18. The lowest BCUT2D eigenvalue weighted by atomic mass is 9.89. The summed E-state index contributed by atoms with van der Waals surface area (Å²) in [6.07, 6.45) is 3.34. The lowest BCUT2D eigenvalue weighted by molar-refractivity contribution is -0.150. The average molecular weight is 209 g/mol. The third-order valence-electron chi connectivity index (χ3n) is 2.99. The van der Waals surface area contributed by atoms with Crippen LogP contribution in [0.3, 0.4) is 0 Å². The second kappa shape index (κ2) is 3.56. The first-order valence-corrected chi connectivity index (χ1v) is 4.91. The summed E-state index contributed by atoms with van der Waals surface area (Å²) in [7, 11) is 0. The van der Waals surface area contributed by atoms with Crippen LogP contribution in [0, 0.1) is 22.7 Å². The van der Waals surface area contributed by atoms with E-state index >= 15 is 0 Å². The van der Waals surface area contributed by atoms with Gasteiger partial charge in [0, 0.05) is 0 Å². The van der Waals surface area contributed by atoms with Crippen LogP contribution >= 0.6 is 0 Å². The van der Waals surface area contributed by atoms with E-state index in [4.69, 9.17) is 4.74 Å². The molecule has 0 amide bonds. The van der Waals surface area contributed by atoms with Crippen molar-refractivity contribution in [1.29, 1.82) is 0 Å². The fraction of sp³-hybridized carbons (Fsp3) is 0.600. The second-order valence-corrected chi connectivity index (χ2v) is 3.71. The van der Waals surface area contributed by atoms with Gasteiger partial charge >= 0.3 is 5.97 Å². The highest BCUT2D eigenvalue weighted by molar-refractivity contribution is 5.98. The van der Waals surface area contributed by atoms with Gasteiger partial charge in [0.25, 0.3) is 0 Å². The maximum Gasteiger partial charge on any atom is 0.312 e. The summed E-state index contributed by atoms with van der Waals surface area (Å²) in [6.45, 7) is 1.93. The van der Waals surface area contributed by atoms with Gasteiger partial charge in [-0.2, -0.15) is 4.91 Å². The number of carbonyl (C=O) groups excluding carboxylic acids is 2. The van der Waals surface area contributed by atoms with Gasteiger partial charge in [0.05, 0.1) is 24.4 Å². The Morgan fingerprint density at radius 3 is 2.73 bits per heavy atom. The van der Waals surface area contributed by atoms with Gasteiger partial charge in [-0.05, 0) is 6.92 Å². The van der Waals surface area contributed by atoms with Crippen molar-refractivity contribution in [2.75, 3.05) is 6.61 Å². The van der Waals surface area contributed by atoms with Crippen LogP contribution in [0.25, 0.3) is 0 Å². The molecule has 4 atom stereocenters. The van der Waals surface area contributed by atoms with Crippen LogP contribution in [0.15, 0.2) is 17.3 Å². The van der Waals surface area contributed by atoms with Crippen LogP contribution in [-0.4, -0.2) is 24.4 Å². The summed E-state index contributed by atoms with van der Waals surface area (Å²) in [4.78, 5) is 33.7. The Hall–Kier alpha value is -1.52. The summed E-state index contributed by atoms with van der Waals surface area (Å²) in [6, 6.07) is -0.772. The van der Waals surface area contributed by atoms with E-state index in [1.165, 1.54) is 0 Å². The summed E-state index contributed by atoms with van der Waals surface area (Å²) < 4.78 is 4.83. The average Bonchev–Trinajstić information content (AvgIpc) is 2.72. The molecule has 0 aliphatic heterocycles. The topological polar surface area (TPSA) is 72.8 Å². The number of ketones is 1. The van der Waals surface area contributed by atoms with E-state index in [2.05, 4.69) is 5.18 Å². The number of hydrogen-bond donors (Lipinski definition) is 0. The first kappa shape index (κ1) is 10.0. The molecule has 4 unspecified atom stereocenters. The molecule has 0 spiro atoms. The number of rotatable bonds is 3. The predicted octanol–water partition coefficient (Wildman–Crippen LogP) is 0.686. The van der Waals surface area contributed by atoms with Gasteiger partial charge < -0.3 is 4.74 Å². The van der Waals surface area contributed by atoms with E-state index in [1.54, 1.807) is 19.1 Å². The van der Waals surface area contributed by atoms with Gasteiger partial charge in [-0.1, -0.05) is 17.3 Å². The zero-order chi connectivity index (χ0) is 11.0. The molecule has 5 nitrogen and oxygen atoms in total. The van der Waals surface area contributed by atoms with Crippen molar-refractivity contribution >= 4 is 11.8 Å². The Balaban J connectivity index is 2.25. The summed E-state index contributed by atoms with van der Waals surface area (Å²) in [5.74, 6) is -2.30. The Kier molecular flexibility index (Phi) is 2.38. The first-order chi connectivity index (χ1) is 7.20. The quantitative estimate of drug-likeness (QED) is 0.389. The van der Waals surface area contributed by atoms with Crippen molar-refractivity contribution in [2.45, 2.75) is 13.0 Å². The molecule has 0 radical (unpaired) electrons. The molecular weight excluding hydrogens is 198 g/mol. The number of fused-ring (bicyclic) bond motifs is 2. The number of Topliss-reactive ketones (excluding diaryl/α,β-unsaturated/α-hetero) is 1. The van der Waals surface area contributed by atoms with E-state index in [0.29, 0.717) is 0 Å². The molecule has 0 aromatic carbocycles. The van der Waals surface area contributed by atoms with Gasteiger partial charge in [-0.3, -0.25) is 9.59 Å². The van der Waals surface area contributed by atoms with Crippen LogP contribution in [0.1, 0.15) is 6.92 Å². The summed E-state index contributed by atoms with van der Waals surface area (Å²) in [5, 5.41) is 2.88. The number of ether oxygens (including phenoxy) is 1. The third-order valence-corrected chi connectivity index (χ3v) is 2.99. The highest BCUT2D eigenvalue weighted by Crippen LogP contribution is 2.43. The van der Waals surface area contributed by atoms with Crippen LogP contribution < -0.4 is 0 Å². The largest absolute Gasteiger partial charge is 0.466 e. The monoisotopic (exact) mass is 209 g/mol. The van der Waals surface area contributed by atoms with Crippen molar-refractivity contribution in [2.24, 2.45) is 22.9 Å². The van der Waals surface area contributed by atoms with Crippen LogP contribution in [0.4, 0.5) is 0 Å². The molecule has 80 valence electrons. The van der Waals surface area contributed by atoms with Crippen molar-refractivity contribution in [3.05, 3.63) is 17.1 Å². The molecule has 0 aromatic rings. The SMILES string of the molecule is CCOC(=O)C1C2C=CC(C2=O)C1N=O. The molecule has 2 bridgehead atoms. The smallest absolute Gasteiger partial charge is 0.312 e. The minimum Gasteiger partial charge on any atom is -0.466 e. The van der Waals surface area contributed by atoms with Crippen molar-refractivity contribution in [3.8, 4) is 0 Å². The third kappa shape index (κ3) is 1.30. The minimum absolute atomic E-state index is 0.0855. The van der Waals surface area contributed by atoms with Gasteiger partial charge in [0.2, 0.25) is 0 Å². The molecule has 1 fully saturated rings. The molecule has 15 heavy (non-hydrogen) atoms. The fourth-order valence-electron chi connectivity index (χ4n) is 2.32. The summed E-state index contributed by atoms with van der Waals surface area (Å²) >= 11 is 0. The molecule has 2 aliphatic rings. The molecular formula is C10H11NO4.